The molecule has 3 nitrogen and oxygen atoms in total. The smallest absolute Gasteiger partial charge is 0.0647 e. The zero-order valence-corrected chi connectivity index (χ0v) is 12.5. The van der Waals surface area contributed by atoms with Crippen LogP contribution in [-0.4, -0.2) is 43.3 Å². The van der Waals surface area contributed by atoms with Crippen molar-refractivity contribution in [2.75, 3.05) is 32.8 Å². The molecule has 2 aliphatic rings. The van der Waals surface area contributed by atoms with Crippen LogP contribution in [0.4, 0.5) is 0 Å². The molecule has 2 fully saturated rings. The van der Waals surface area contributed by atoms with E-state index < -0.39 is 0 Å². The Morgan fingerprint density at radius 2 is 2.10 bits per heavy atom. The molecule has 2 aliphatic heterocycles. The maximum absolute atomic E-state index is 5.76. The highest BCUT2D eigenvalue weighted by Crippen LogP contribution is 2.29. The largest absolute Gasteiger partial charge is 0.380 e. The molecular formula is C17H26N2O. The van der Waals surface area contributed by atoms with Crippen LogP contribution in [0.15, 0.2) is 30.3 Å². The van der Waals surface area contributed by atoms with E-state index in [9.17, 15) is 0 Å². The highest BCUT2D eigenvalue weighted by Gasteiger charge is 2.36. The number of nitrogens with zero attached hydrogens (tertiary/aromatic N) is 1. The number of benzene rings is 1. The zero-order valence-electron chi connectivity index (χ0n) is 12.5. The van der Waals surface area contributed by atoms with E-state index in [1.54, 1.807) is 0 Å². The molecule has 2 unspecified atom stereocenters. The monoisotopic (exact) mass is 274 g/mol. The van der Waals surface area contributed by atoms with Crippen LogP contribution in [0.5, 0.6) is 0 Å². The summed E-state index contributed by atoms with van der Waals surface area (Å²) in [5.74, 6) is 0. The lowest BCUT2D eigenvalue weighted by molar-refractivity contribution is -0.0403. The van der Waals surface area contributed by atoms with Gasteiger partial charge >= 0.3 is 0 Å². The second-order valence-corrected chi connectivity index (χ2v) is 6.37. The summed E-state index contributed by atoms with van der Waals surface area (Å²) in [6.07, 6.45) is 3.67. The lowest BCUT2D eigenvalue weighted by Gasteiger charge is -2.44. The predicted molar refractivity (Wildman–Crippen MR) is 81.8 cm³/mol. The Morgan fingerprint density at radius 3 is 2.85 bits per heavy atom. The van der Waals surface area contributed by atoms with E-state index in [4.69, 9.17) is 4.74 Å². The molecule has 3 heteroatoms. The van der Waals surface area contributed by atoms with E-state index in [0.717, 1.165) is 26.3 Å². The van der Waals surface area contributed by atoms with Gasteiger partial charge in [-0.3, -0.25) is 4.90 Å². The van der Waals surface area contributed by atoms with Gasteiger partial charge in [0.15, 0.2) is 0 Å². The SMILES string of the molecule is CC1(N2CCCNC(c3ccccc3)C2)CCCOC1. The number of rotatable bonds is 2. The second kappa shape index (κ2) is 6.25. The first kappa shape index (κ1) is 14.1. The molecule has 1 aromatic carbocycles. The van der Waals surface area contributed by atoms with Crippen LogP contribution in [0, 0.1) is 0 Å². The topological polar surface area (TPSA) is 24.5 Å². The lowest BCUT2D eigenvalue weighted by Crippen LogP contribution is -2.53. The van der Waals surface area contributed by atoms with Crippen molar-refractivity contribution < 1.29 is 4.74 Å². The normalized spacial score (nSPS) is 32.8. The van der Waals surface area contributed by atoms with Crippen molar-refractivity contribution in [1.29, 1.82) is 0 Å². The van der Waals surface area contributed by atoms with E-state index >= 15 is 0 Å². The van der Waals surface area contributed by atoms with Crippen LogP contribution in [0.3, 0.4) is 0 Å². The molecule has 1 N–H and O–H groups in total. The Balaban J connectivity index is 1.75. The minimum absolute atomic E-state index is 0.220. The average Bonchev–Trinajstić information content (AvgIpc) is 2.75. The fraction of sp³-hybridized carbons (Fsp3) is 0.647. The first-order valence-electron chi connectivity index (χ1n) is 7.89. The molecule has 2 heterocycles. The number of ether oxygens (including phenoxy) is 1. The van der Waals surface area contributed by atoms with Crippen LogP contribution in [0.1, 0.15) is 37.8 Å². The molecule has 0 amide bonds. The molecule has 0 aromatic heterocycles. The molecule has 2 atom stereocenters. The van der Waals surface area contributed by atoms with Gasteiger partial charge in [0.05, 0.1) is 6.61 Å². The van der Waals surface area contributed by atoms with Crippen molar-refractivity contribution in [1.82, 2.24) is 10.2 Å². The first-order chi connectivity index (χ1) is 9.78. The summed E-state index contributed by atoms with van der Waals surface area (Å²) in [6.45, 7) is 7.56. The van der Waals surface area contributed by atoms with Gasteiger partial charge in [0, 0.05) is 31.3 Å². The molecule has 0 spiro atoms. The summed E-state index contributed by atoms with van der Waals surface area (Å²) >= 11 is 0. The van der Waals surface area contributed by atoms with Crippen LogP contribution in [0.2, 0.25) is 0 Å². The number of nitrogens with one attached hydrogen (secondary N) is 1. The molecule has 1 aromatic rings. The molecule has 20 heavy (non-hydrogen) atoms. The zero-order chi connectivity index (χ0) is 13.8. The van der Waals surface area contributed by atoms with Gasteiger partial charge in [-0.1, -0.05) is 30.3 Å². The van der Waals surface area contributed by atoms with Gasteiger partial charge in [-0.05, 0) is 38.3 Å². The molecule has 0 radical (unpaired) electrons. The van der Waals surface area contributed by atoms with E-state index in [1.165, 1.54) is 31.4 Å². The molecular weight excluding hydrogens is 248 g/mol. The third-order valence-electron chi connectivity index (χ3n) is 4.78. The Bertz CT molecular complexity index is 414. The maximum atomic E-state index is 5.76. The quantitative estimate of drug-likeness (QED) is 0.897. The summed E-state index contributed by atoms with van der Waals surface area (Å²) < 4.78 is 5.76. The third-order valence-corrected chi connectivity index (χ3v) is 4.78. The van der Waals surface area contributed by atoms with Crippen molar-refractivity contribution in [3.05, 3.63) is 35.9 Å². The van der Waals surface area contributed by atoms with Crippen molar-refractivity contribution in [3.8, 4) is 0 Å². The van der Waals surface area contributed by atoms with Gasteiger partial charge < -0.3 is 10.1 Å². The van der Waals surface area contributed by atoms with E-state index in [2.05, 4.69) is 47.5 Å². The van der Waals surface area contributed by atoms with Crippen molar-refractivity contribution in [3.63, 3.8) is 0 Å². The fourth-order valence-electron chi connectivity index (χ4n) is 3.49. The summed E-state index contributed by atoms with van der Waals surface area (Å²) in [5, 5.41) is 3.70. The summed E-state index contributed by atoms with van der Waals surface area (Å²) in [7, 11) is 0. The second-order valence-electron chi connectivity index (χ2n) is 6.37. The van der Waals surface area contributed by atoms with Crippen LogP contribution < -0.4 is 5.32 Å². The molecule has 110 valence electrons. The predicted octanol–water partition coefficient (Wildman–Crippen LogP) is 2.59. The Morgan fingerprint density at radius 1 is 1.25 bits per heavy atom. The average molecular weight is 274 g/mol. The summed E-state index contributed by atoms with van der Waals surface area (Å²) in [5.41, 5.74) is 1.62. The number of hydrogen-bond acceptors (Lipinski definition) is 3. The van der Waals surface area contributed by atoms with Crippen molar-refractivity contribution >= 4 is 0 Å². The number of hydrogen-bond donors (Lipinski definition) is 1. The fourth-order valence-corrected chi connectivity index (χ4v) is 3.49. The van der Waals surface area contributed by atoms with Gasteiger partial charge in [-0.2, -0.15) is 0 Å². The Hall–Kier alpha value is -0.900. The maximum Gasteiger partial charge on any atom is 0.0647 e. The van der Waals surface area contributed by atoms with Gasteiger partial charge in [0.1, 0.15) is 0 Å². The summed E-state index contributed by atoms with van der Waals surface area (Å²) in [4.78, 5) is 2.66. The minimum Gasteiger partial charge on any atom is -0.380 e. The van der Waals surface area contributed by atoms with Crippen LogP contribution >= 0.6 is 0 Å². The van der Waals surface area contributed by atoms with Gasteiger partial charge in [-0.25, -0.2) is 0 Å². The van der Waals surface area contributed by atoms with Gasteiger partial charge in [-0.15, -0.1) is 0 Å². The van der Waals surface area contributed by atoms with Gasteiger partial charge in [0.2, 0.25) is 0 Å². The van der Waals surface area contributed by atoms with Gasteiger partial charge in [0.25, 0.3) is 0 Å². The Kier molecular flexibility index (Phi) is 4.39. The molecule has 0 saturated carbocycles. The van der Waals surface area contributed by atoms with Crippen LogP contribution in [-0.2, 0) is 4.74 Å². The molecule has 3 rings (SSSR count). The Labute approximate surface area is 122 Å². The van der Waals surface area contributed by atoms with Crippen LogP contribution in [0.25, 0.3) is 0 Å². The highest BCUT2D eigenvalue weighted by atomic mass is 16.5. The van der Waals surface area contributed by atoms with E-state index in [1.807, 2.05) is 0 Å². The van der Waals surface area contributed by atoms with Crippen molar-refractivity contribution in [2.24, 2.45) is 0 Å². The standard InChI is InChI=1S/C17H26N2O/c1-17(9-5-12-20-14-17)19-11-6-10-18-16(13-19)15-7-3-2-4-8-15/h2-4,7-8,16,18H,5-6,9-14H2,1H3. The first-order valence-corrected chi connectivity index (χ1v) is 7.89. The summed E-state index contributed by atoms with van der Waals surface area (Å²) in [6, 6.07) is 11.3. The lowest BCUT2D eigenvalue weighted by atomic mass is 9.91. The molecule has 2 saturated heterocycles. The highest BCUT2D eigenvalue weighted by molar-refractivity contribution is 5.19. The van der Waals surface area contributed by atoms with Crippen molar-refractivity contribution in [2.45, 2.75) is 37.8 Å². The third kappa shape index (κ3) is 3.05. The van der Waals surface area contributed by atoms with E-state index in [0.29, 0.717) is 6.04 Å². The molecule has 0 bridgehead atoms. The molecule has 0 aliphatic carbocycles. The minimum atomic E-state index is 0.220. The van der Waals surface area contributed by atoms with E-state index in [-0.39, 0.29) is 5.54 Å².